The number of carbonyl (C=O) groups is 2. The van der Waals surface area contributed by atoms with Crippen molar-refractivity contribution in [3.63, 3.8) is 0 Å². The van der Waals surface area contributed by atoms with E-state index >= 15 is 0 Å². The lowest BCUT2D eigenvalue weighted by atomic mass is 10.0. The molecule has 222 valence electrons. The molecule has 2 aromatic rings. The minimum Gasteiger partial charge on any atom is -0.480 e. The first-order chi connectivity index (χ1) is 19.6. The van der Waals surface area contributed by atoms with Gasteiger partial charge in [0, 0.05) is 31.7 Å². The van der Waals surface area contributed by atoms with E-state index in [9.17, 15) is 23.1 Å². The first-order valence-corrected chi connectivity index (χ1v) is 16.0. The normalized spacial score (nSPS) is 18.9. The number of hydrogen-bond acceptors (Lipinski definition) is 6. The van der Waals surface area contributed by atoms with Gasteiger partial charge in [-0.25, -0.2) is 13.2 Å². The fraction of sp³-hybridized carbons (Fsp3) is 0.483. The maximum absolute atomic E-state index is 13.2. The Bertz CT molecular complexity index is 1310. The van der Waals surface area contributed by atoms with Crippen LogP contribution in [0.3, 0.4) is 0 Å². The molecule has 2 saturated heterocycles. The number of benzene rings is 2. The number of nitrogens with zero attached hydrogens (tertiary/aromatic N) is 2. The number of sulfonamides is 1. The Labute approximate surface area is 247 Å². The molecule has 4 rings (SSSR count). The van der Waals surface area contributed by atoms with Crippen molar-refractivity contribution in [1.29, 1.82) is 0 Å². The van der Waals surface area contributed by atoms with Crippen LogP contribution in [0.15, 0.2) is 53.4 Å². The SMILES string of the molecule is Cc1ccc(S(=O)(=O)N2CCC[C@H]2C(=O)N[C@@H](Cc2ccc(NC(=S)NCCN3CCCCC3)cc2)C(=O)O)cc1. The van der Waals surface area contributed by atoms with Crippen molar-refractivity contribution in [3.05, 3.63) is 59.7 Å². The van der Waals surface area contributed by atoms with E-state index in [2.05, 4.69) is 20.9 Å². The van der Waals surface area contributed by atoms with Crippen LogP contribution < -0.4 is 16.0 Å². The summed E-state index contributed by atoms with van der Waals surface area (Å²) in [5.74, 6) is -1.80. The Morgan fingerprint density at radius 2 is 1.68 bits per heavy atom. The Balaban J connectivity index is 1.30. The van der Waals surface area contributed by atoms with Gasteiger partial charge >= 0.3 is 5.97 Å². The van der Waals surface area contributed by atoms with E-state index in [-0.39, 0.29) is 17.9 Å². The van der Waals surface area contributed by atoms with Crippen LogP contribution in [0, 0.1) is 6.92 Å². The van der Waals surface area contributed by atoms with Gasteiger partial charge in [-0.1, -0.05) is 36.2 Å². The zero-order valence-corrected chi connectivity index (χ0v) is 25.0. The van der Waals surface area contributed by atoms with Gasteiger partial charge < -0.3 is 26.0 Å². The summed E-state index contributed by atoms with van der Waals surface area (Å²) >= 11 is 5.40. The highest BCUT2D eigenvalue weighted by atomic mass is 32.2. The molecule has 2 fully saturated rings. The number of anilines is 1. The molecule has 0 spiro atoms. The summed E-state index contributed by atoms with van der Waals surface area (Å²) in [6.07, 6.45) is 4.70. The molecule has 2 atom stereocenters. The van der Waals surface area contributed by atoms with Crippen LogP contribution in [0.5, 0.6) is 0 Å². The number of amides is 1. The molecule has 0 bridgehead atoms. The molecule has 0 aliphatic carbocycles. The Morgan fingerprint density at radius 1 is 1.00 bits per heavy atom. The number of carboxylic acids is 1. The minimum atomic E-state index is -3.89. The van der Waals surface area contributed by atoms with E-state index in [0.29, 0.717) is 23.5 Å². The van der Waals surface area contributed by atoms with Crippen molar-refractivity contribution >= 4 is 44.9 Å². The minimum absolute atomic E-state index is 0.0529. The average Bonchev–Trinajstić information content (AvgIpc) is 3.46. The predicted octanol–water partition coefficient (Wildman–Crippen LogP) is 2.73. The van der Waals surface area contributed by atoms with E-state index in [1.807, 2.05) is 19.1 Å². The highest BCUT2D eigenvalue weighted by Crippen LogP contribution is 2.26. The highest BCUT2D eigenvalue weighted by Gasteiger charge is 2.40. The van der Waals surface area contributed by atoms with Gasteiger partial charge in [-0.05, 0) is 87.7 Å². The summed E-state index contributed by atoms with van der Waals surface area (Å²) in [6, 6.07) is 11.5. The summed E-state index contributed by atoms with van der Waals surface area (Å²) < 4.78 is 27.6. The molecule has 1 amide bonds. The monoisotopic (exact) mass is 601 g/mol. The van der Waals surface area contributed by atoms with Crippen molar-refractivity contribution in [2.45, 2.75) is 62.4 Å². The number of carboxylic acid groups (broad SMARTS) is 1. The Hall–Kier alpha value is -3.06. The number of hydrogen-bond donors (Lipinski definition) is 4. The first-order valence-electron chi connectivity index (χ1n) is 14.1. The van der Waals surface area contributed by atoms with Crippen LogP contribution in [-0.2, 0) is 26.0 Å². The number of rotatable bonds is 11. The highest BCUT2D eigenvalue weighted by molar-refractivity contribution is 7.89. The number of piperidine rings is 1. The van der Waals surface area contributed by atoms with E-state index in [1.165, 1.54) is 35.7 Å². The summed E-state index contributed by atoms with van der Waals surface area (Å²) in [6.45, 7) is 6.03. The van der Waals surface area contributed by atoms with Crippen LogP contribution in [0.25, 0.3) is 0 Å². The van der Waals surface area contributed by atoms with Crippen molar-refractivity contribution in [1.82, 2.24) is 19.8 Å². The first kappa shape index (κ1) is 30.9. The molecule has 2 heterocycles. The molecule has 0 unspecified atom stereocenters. The topological polar surface area (TPSA) is 131 Å². The van der Waals surface area contributed by atoms with Gasteiger partial charge in [-0.3, -0.25) is 4.79 Å². The second-order valence-corrected chi connectivity index (χ2v) is 13.0. The van der Waals surface area contributed by atoms with Crippen LogP contribution in [0.2, 0.25) is 0 Å². The summed E-state index contributed by atoms with van der Waals surface area (Å²) in [5, 5.41) is 19.3. The molecular formula is C29H39N5O5S2. The lowest BCUT2D eigenvalue weighted by Gasteiger charge is -2.26. The molecule has 2 aliphatic heterocycles. The fourth-order valence-electron chi connectivity index (χ4n) is 5.25. The summed E-state index contributed by atoms with van der Waals surface area (Å²) in [4.78, 5) is 27.7. The van der Waals surface area contributed by atoms with Gasteiger partial charge in [-0.15, -0.1) is 0 Å². The molecular weight excluding hydrogens is 562 g/mol. The third-order valence-corrected chi connectivity index (χ3v) is 9.73. The largest absolute Gasteiger partial charge is 0.480 e. The number of thiocarbonyl (C=S) groups is 1. The number of carbonyl (C=O) groups excluding carboxylic acids is 1. The van der Waals surface area contributed by atoms with Gasteiger partial charge in [0.05, 0.1) is 4.90 Å². The molecule has 10 nitrogen and oxygen atoms in total. The van der Waals surface area contributed by atoms with Crippen molar-refractivity contribution < 1.29 is 23.1 Å². The molecule has 12 heteroatoms. The zero-order chi connectivity index (χ0) is 29.4. The molecule has 2 aromatic carbocycles. The molecule has 4 N–H and O–H groups in total. The van der Waals surface area contributed by atoms with Crippen molar-refractivity contribution in [2.75, 3.05) is 38.0 Å². The van der Waals surface area contributed by atoms with Gasteiger partial charge in [-0.2, -0.15) is 4.31 Å². The van der Waals surface area contributed by atoms with Crippen LogP contribution in [-0.4, -0.2) is 84.5 Å². The lowest BCUT2D eigenvalue weighted by Crippen LogP contribution is -2.51. The van der Waals surface area contributed by atoms with Gasteiger partial charge in [0.1, 0.15) is 12.1 Å². The number of likely N-dealkylation sites (tertiary alicyclic amines) is 1. The van der Waals surface area contributed by atoms with E-state index in [1.54, 1.807) is 24.3 Å². The molecule has 41 heavy (non-hydrogen) atoms. The fourth-order valence-corrected chi connectivity index (χ4v) is 7.13. The second-order valence-electron chi connectivity index (χ2n) is 10.7. The molecule has 0 saturated carbocycles. The molecule has 0 aromatic heterocycles. The maximum Gasteiger partial charge on any atom is 0.326 e. The smallest absolute Gasteiger partial charge is 0.326 e. The van der Waals surface area contributed by atoms with E-state index < -0.39 is 34.0 Å². The van der Waals surface area contributed by atoms with Gasteiger partial charge in [0.15, 0.2) is 5.11 Å². The van der Waals surface area contributed by atoms with E-state index in [4.69, 9.17) is 12.2 Å². The number of aryl methyl sites for hydroxylation is 1. The lowest BCUT2D eigenvalue weighted by molar-refractivity contribution is -0.142. The predicted molar refractivity (Wildman–Crippen MR) is 162 cm³/mol. The molecule has 0 radical (unpaired) electrons. The standard InChI is InChI=1S/C29H39N5O5S2/c1-21-7-13-24(14-8-21)41(38,39)34-18-5-6-26(34)27(35)32-25(28(36)37)20-22-9-11-23(12-10-22)31-29(40)30-15-19-33-16-3-2-4-17-33/h7-14,25-26H,2-6,15-20H2,1H3,(H,32,35)(H,36,37)(H2,30,31,40)/t25-,26-/m0/s1. The van der Waals surface area contributed by atoms with Crippen molar-refractivity contribution in [3.8, 4) is 0 Å². The van der Waals surface area contributed by atoms with Gasteiger partial charge in [0.2, 0.25) is 15.9 Å². The van der Waals surface area contributed by atoms with Gasteiger partial charge in [0.25, 0.3) is 0 Å². The number of aliphatic carboxylic acids is 1. The Kier molecular flexibility index (Phi) is 10.7. The summed E-state index contributed by atoms with van der Waals surface area (Å²) in [5.41, 5.74) is 2.40. The van der Waals surface area contributed by atoms with E-state index in [0.717, 1.165) is 37.4 Å². The third-order valence-electron chi connectivity index (χ3n) is 7.56. The number of nitrogens with one attached hydrogen (secondary N) is 3. The second kappa shape index (κ2) is 14.2. The average molecular weight is 602 g/mol. The zero-order valence-electron chi connectivity index (χ0n) is 23.3. The summed E-state index contributed by atoms with van der Waals surface area (Å²) in [7, 11) is -3.89. The third kappa shape index (κ3) is 8.48. The van der Waals surface area contributed by atoms with Crippen LogP contribution in [0.1, 0.15) is 43.2 Å². The Morgan fingerprint density at radius 3 is 2.34 bits per heavy atom. The van der Waals surface area contributed by atoms with Crippen LogP contribution >= 0.6 is 12.2 Å². The van der Waals surface area contributed by atoms with Crippen molar-refractivity contribution in [2.24, 2.45) is 0 Å². The van der Waals surface area contributed by atoms with Crippen LogP contribution in [0.4, 0.5) is 5.69 Å². The molecule has 2 aliphatic rings. The quantitative estimate of drug-likeness (QED) is 0.287. The maximum atomic E-state index is 13.2.